The fraction of sp³-hybridized carbons (Fsp3) is 0.545. The molecule has 0 unspecified atom stereocenters. The summed E-state index contributed by atoms with van der Waals surface area (Å²) in [5.41, 5.74) is 2.99. The van der Waals surface area contributed by atoms with Crippen LogP contribution in [0.1, 0.15) is 102 Å². The van der Waals surface area contributed by atoms with Crippen molar-refractivity contribution in [3.05, 3.63) is 70.8 Å². The Morgan fingerprint density at radius 1 is 0.895 bits per heavy atom. The molecule has 4 nitrogen and oxygen atoms in total. The second kappa shape index (κ2) is 18.0. The lowest BCUT2D eigenvalue weighted by Gasteiger charge is -2.18. The standard InChI is InChI=1S/C33H48N2O2S/c1-3-4-5-6-7-8-9-10-11-12-13-16-22-37-31-20-17-18-29(23-31)24-33(36)34-32-21-15-14-19-30(32)26-35-25-28(2)38-27-35/h14-15,17-21,23,25H,3-13,16,22,24,26-27H2,1-2H3,(H,34,36). The number of nitrogens with zero attached hydrogens (tertiary/aromatic N) is 1. The van der Waals surface area contributed by atoms with E-state index in [0.717, 1.165) is 48.0 Å². The van der Waals surface area contributed by atoms with Gasteiger partial charge in [0, 0.05) is 18.4 Å². The molecule has 1 N–H and O–H groups in total. The number of nitrogens with one attached hydrogen (secondary N) is 1. The Bertz CT molecular complexity index is 990. The van der Waals surface area contributed by atoms with Crippen molar-refractivity contribution in [1.82, 2.24) is 4.90 Å². The summed E-state index contributed by atoms with van der Waals surface area (Å²) in [5.74, 6) is 1.81. The van der Waals surface area contributed by atoms with E-state index in [0.29, 0.717) is 6.42 Å². The van der Waals surface area contributed by atoms with Crippen molar-refractivity contribution >= 4 is 23.4 Å². The van der Waals surface area contributed by atoms with Crippen molar-refractivity contribution in [2.45, 2.75) is 104 Å². The van der Waals surface area contributed by atoms with Crippen LogP contribution in [0, 0.1) is 0 Å². The number of amides is 1. The number of thioether (sulfide) groups is 1. The predicted octanol–water partition coefficient (Wildman–Crippen LogP) is 9.32. The summed E-state index contributed by atoms with van der Waals surface area (Å²) in [7, 11) is 0. The SMILES string of the molecule is CCCCCCCCCCCCCCOc1cccc(CC(=O)Nc2ccccc2CN2C=C(C)SC2)c1. The van der Waals surface area contributed by atoms with Gasteiger partial charge in [0.05, 0.1) is 18.9 Å². The van der Waals surface area contributed by atoms with E-state index in [9.17, 15) is 4.79 Å². The minimum Gasteiger partial charge on any atom is -0.494 e. The Balaban J connectivity index is 1.30. The van der Waals surface area contributed by atoms with E-state index in [2.05, 4.69) is 36.3 Å². The van der Waals surface area contributed by atoms with Gasteiger partial charge in [0.25, 0.3) is 0 Å². The number of rotatable bonds is 19. The minimum atomic E-state index is -0.00178. The second-order valence-electron chi connectivity index (χ2n) is 10.5. The van der Waals surface area contributed by atoms with Crippen molar-refractivity contribution in [1.29, 1.82) is 0 Å². The van der Waals surface area contributed by atoms with Crippen molar-refractivity contribution < 1.29 is 9.53 Å². The Labute approximate surface area is 235 Å². The number of para-hydroxylation sites is 1. The van der Waals surface area contributed by atoms with E-state index in [1.165, 1.54) is 75.5 Å². The minimum absolute atomic E-state index is 0.00178. The van der Waals surface area contributed by atoms with Gasteiger partial charge in [-0.1, -0.05) is 108 Å². The molecule has 2 aromatic carbocycles. The topological polar surface area (TPSA) is 41.6 Å². The average molecular weight is 537 g/mol. The van der Waals surface area contributed by atoms with Gasteiger partial charge in [-0.15, -0.1) is 11.8 Å². The molecule has 0 aliphatic carbocycles. The molecule has 0 fully saturated rings. The summed E-state index contributed by atoms with van der Waals surface area (Å²) >= 11 is 1.85. The van der Waals surface area contributed by atoms with Crippen LogP contribution in [-0.4, -0.2) is 23.3 Å². The zero-order valence-electron chi connectivity index (χ0n) is 23.7. The lowest BCUT2D eigenvalue weighted by molar-refractivity contribution is -0.115. The molecular formula is C33H48N2O2S. The molecule has 5 heteroatoms. The molecule has 0 atom stereocenters. The van der Waals surface area contributed by atoms with Gasteiger partial charge in [-0.3, -0.25) is 4.79 Å². The highest BCUT2D eigenvalue weighted by Crippen LogP contribution is 2.27. The number of allylic oxidation sites excluding steroid dienone is 1. The Kier molecular flexibility index (Phi) is 14.3. The van der Waals surface area contributed by atoms with Gasteiger partial charge in [0.1, 0.15) is 5.75 Å². The number of anilines is 1. The molecular weight excluding hydrogens is 488 g/mol. The molecule has 208 valence electrons. The first-order valence-corrected chi connectivity index (χ1v) is 15.8. The molecule has 1 aliphatic heterocycles. The van der Waals surface area contributed by atoms with Crippen LogP contribution in [-0.2, 0) is 17.8 Å². The molecule has 3 rings (SSSR count). The van der Waals surface area contributed by atoms with E-state index in [1.54, 1.807) is 0 Å². The summed E-state index contributed by atoms with van der Waals surface area (Å²) in [5, 5.41) is 3.13. The summed E-state index contributed by atoms with van der Waals surface area (Å²) in [6, 6.07) is 16.0. The van der Waals surface area contributed by atoms with Gasteiger partial charge in [-0.25, -0.2) is 0 Å². The van der Waals surface area contributed by atoms with E-state index in [4.69, 9.17) is 4.74 Å². The molecule has 1 amide bonds. The summed E-state index contributed by atoms with van der Waals surface area (Å²) < 4.78 is 6.00. The first kappa shape index (κ1) is 30.1. The lowest BCUT2D eigenvalue weighted by atomic mass is 10.1. The van der Waals surface area contributed by atoms with E-state index >= 15 is 0 Å². The van der Waals surface area contributed by atoms with Crippen LogP contribution in [0.3, 0.4) is 0 Å². The number of benzene rings is 2. The summed E-state index contributed by atoms with van der Waals surface area (Å²) in [6.07, 6.45) is 18.6. The van der Waals surface area contributed by atoms with Crippen LogP contribution < -0.4 is 10.1 Å². The third kappa shape index (κ3) is 12.0. The van der Waals surface area contributed by atoms with Crippen molar-refractivity contribution in [3.63, 3.8) is 0 Å². The quantitative estimate of drug-likeness (QED) is 0.182. The van der Waals surface area contributed by atoms with Crippen LogP contribution >= 0.6 is 11.8 Å². The maximum absolute atomic E-state index is 12.8. The third-order valence-electron chi connectivity index (χ3n) is 7.02. The third-order valence-corrected chi connectivity index (χ3v) is 8.04. The van der Waals surface area contributed by atoms with Crippen LogP contribution in [0.2, 0.25) is 0 Å². The van der Waals surface area contributed by atoms with E-state index in [1.807, 2.05) is 54.2 Å². The highest BCUT2D eigenvalue weighted by Gasteiger charge is 2.13. The molecule has 0 spiro atoms. The zero-order valence-corrected chi connectivity index (χ0v) is 24.5. The van der Waals surface area contributed by atoms with E-state index < -0.39 is 0 Å². The lowest BCUT2D eigenvalue weighted by Crippen LogP contribution is -2.18. The molecule has 0 saturated carbocycles. The number of carbonyl (C=O) groups is 1. The molecule has 0 saturated heterocycles. The molecule has 2 aromatic rings. The van der Waals surface area contributed by atoms with Crippen molar-refractivity contribution in [3.8, 4) is 5.75 Å². The number of ether oxygens (including phenoxy) is 1. The van der Waals surface area contributed by atoms with Crippen LogP contribution in [0.15, 0.2) is 59.6 Å². The first-order valence-electron chi connectivity index (χ1n) is 14.8. The van der Waals surface area contributed by atoms with Crippen LogP contribution in [0.5, 0.6) is 5.75 Å². The van der Waals surface area contributed by atoms with Crippen LogP contribution in [0.25, 0.3) is 0 Å². The van der Waals surface area contributed by atoms with Crippen molar-refractivity contribution in [2.75, 3.05) is 17.8 Å². The highest BCUT2D eigenvalue weighted by molar-refractivity contribution is 8.03. The maximum atomic E-state index is 12.8. The van der Waals surface area contributed by atoms with Crippen molar-refractivity contribution in [2.24, 2.45) is 0 Å². The molecule has 38 heavy (non-hydrogen) atoms. The molecule has 1 aliphatic rings. The molecule has 0 aromatic heterocycles. The highest BCUT2D eigenvalue weighted by atomic mass is 32.2. The Hall–Kier alpha value is -2.40. The number of carbonyl (C=O) groups excluding carboxylic acids is 1. The number of hydrogen-bond donors (Lipinski definition) is 1. The fourth-order valence-corrected chi connectivity index (χ4v) is 5.62. The number of hydrogen-bond acceptors (Lipinski definition) is 4. The van der Waals surface area contributed by atoms with Gasteiger partial charge in [-0.2, -0.15) is 0 Å². The van der Waals surface area contributed by atoms with Gasteiger partial charge < -0.3 is 15.0 Å². The average Bonchev–Trinajstić information content (AvgIpc) is 3.32. The Morgan fingerprint density at radius 3 is 2.26 bits per heavy atom. The second-order valence-corrected chi connectivity index (χ2v) is 11.7. The molecule has 0 radical (unpaired) electrons. The zero-order chi connectivity index (χ0) is 26.8. The van der Waals surface area contributed by atoms with Gasteiger partial charge in [0.15, 0.2) is 0 Å². The van der Waals surface area contributed by atoms with E-state index in [-0.39, 0.29) is 5.91 Å². The fourth-order valence-electron chi connectivity index (χ4n) is 4.86. The summed E-state index contributed by atoms with van der Waals surface area (Å²) in [4.78, 5) is 16.4. The summed E-state index contributed by atoms with van der Waals surface area (Å²) in [6.45, 7) is 5.94. The monoisotopic (exact) mass is 536 g/mol. The first-order chi connectivity index (χ1) is 18.6. The van der Waals surface area contributed by atoms with Crippen LogP contribution in [0.4, 0.5) is 5.69 Å². The molecule has 0 bridgehead atoms. The number of unbranched alkanes of at least 4 members (excludes halogenated alkanes) is 11. The smallest absolute Gasteiger partial charge is 0.228 e. The normalized spacial score (nSPS) is 13.0. The van der Waals surface area contributed by atoms with Gasteiger partial charge in [0.2, 0.25) is 5.91 Å². The predicted molar refractivity (Wildman–Crippen MR) is 164 cm³/mol. The van der Waals surface area contributed by atoms with Gasteiger partial charge >= 0.3 is 0 Å². The Morgan fingerprint density at radius 2 is 1.58 bits per heavy atom. The maximum Gasteiger partial charge on any atom is 0.228 e. The molecule has 1 heterocycles. The van der Waals surface area contributed by atoms with Gasteiger partial charge in [-0.05, 0) is 47.6 Å². The largest absolute Gasteiger partial charge is 0.494 e.